The van der Waals surface area contributed by atoms with Gasteiger partial charge in [-0.2, -0.15) is 0 Å². The van der Waals surface area contributed by atoms with Crippen LogP contribution >= 0.6 is 0 Å². The van der Waals surface area contributed by atoms with Crippen molar-refractivity contribution in [2.45, 2.75) is 6.61 Å². The zero-order valence-corrected chi connectivity index (χ0v) is 12.5. The minimum Gasteiger partial charge on any atom is -0.487 e. The van der Waals surface area contributed by atoms with Gasteiger partial charge in [0.2, 0.25) is 0 Å². The molecule has 0 bridgehead atoms. The van der Waals surface area contributed by atoms with Crippen LogP contribution < -0.4 is 10.1 Å². The van der Waals surface area contributed by atoms with E-state index in [0.29, 0.717) is 12.2 Å². The van der Waals surface area contributed by atoms with Crippen molar-refractivity contribution in [3.63, 3.8) is 0 Å². The monoisotopic (exact) mass is 301 g/mol. The standard InChI is InChI=1S/C20H15NO2/c22-12-14-8-10-15(11-9-14)17-5-3-4-16-13-23-19-7-2-1-6-18(19)21-20(16)17/h1-12,21H,13H2. The molecule has 0 aliphatic carbocycles. The molecule has 3 nitrogen and oxygen atoms in total. The molecule has 0 amide bonds. The molecule has 0 radical (unpaired) electrons. The number of rotatable bonds is 2. The Balaban J connectivity index is 1.83. The lowest BCUT2D eigenvalue weighted by molar-refractivity contribution is 0.112. The van der Waals surface area contributed by atoms with Gasteiger partial charge in [-0.05, 0) is 17.7 Å². The highest BCUT2D eigenvalue weighted by molar-refractivity contribution is 5.86. The Morgan fingerprint density at radius 1 is 0.913 bits per heavy atom. The summed E-state index contributed by atoms with van der Waals surface area (Å²) in [6.45, 7) is 0.527. The van der Waals surface area contributed by atoms with E-state index in [1.165, 1.54) is 0 Å². The Morgan fingerprint density at radius 2 is 1.74 bits per heavy atom. The van der Waals surface area contributed by atoms with Crippen LogP contribution in [0, 0.1) is 0 Å². The number of nitrogens with one attached hydrogen (secondary N) is 1. The minimum absolute atomic E-state index is 0.527. The van der Waals surface area contributed by atoms with Gasteiger partial charge < -0.3 is 10.1 Å². The molecule has 3 aromatic carbocycles. The van der Waals surface area contributed by atoms with Crippen molar-refractivity contribution in [3.8, 4) is 16.9 Å². The molecule has 4 rings (SSSR count). The number of ether oxygens (including phenoxy) is 1. The van der Waals surface area contributed by atoms with Gasteiger partial charge in [-0.3, -0.25) is 4.79 Å². The number of fused-ring (bicyclic) bond motifs is 2. The molecule has 0 fully saturated rings. The Hall–Kier alpha value is -3.07. The zero-order valence-electron chi connectivity index (χ0n) is 12.5. The number of hydrogen-bond donors (Lipinski definition) is 1. The van der Waals surface area contributed by atoms with Crippen LogP contribution in [0.3, 0.4) is 0 Å². The first-order valence-electron chi connectivity index (χ1n) is 7.51. The maximum atomic E-state index is 10.8. The fourth-order valence-electron chi connectivity index (χ4n) is 2.84. The number of para-hydroxylation sites is 3. The van der Waals surface area contributed by atoms with E-state index in [0.717, 1.165) is 40.1 Å². The second kappa shape index (κ2) is 5.61. The van der Waals surface area contributed by atoms with Crippen LogP contribution in [0.1, 0.15) is 15.9 Å². The molecule has 3 heteroatoms. The van der Waals surface area contributed by atoms with E-state index in [4.69, 9.17) is 4.74 Å². The molecular formula is C20H15NO2. The van der Waals surface area contributed by atoms with Crippen LogP contribution in [0.5, 0.6) is 5.75 Å². The highest BCUT2D eigenvalue weighted by atomic mass is 16.5. The van der Waals surface area contributed by atoms with Crippen LogP contribution in [0.4, 0.5) is 11.4 Å². The quantitative estimate of drug-likeness (QED) is 0.691. The summed E-state index contributed by atoms with van der Waals surface area (Å²) in [5.41, 5.74) is 5.97. The van der Waals surface area contributed by atoms with Crippen molar-refractivity contribution in [3.05, 3.63) is 77.9 Å². The SMILES string of the molecule is O=Cc1ccc(-c2cccc3c2Nc2ccccc2OC3)cc1. The Labute approximate surface area is 134 Å². The predicted octanol–water partition coefficient (Wildman–Crippen LogP) is 4.80. The summed E-state index contributed by atoms with van der Waals surface area (Å²) < 4.78 is 5.89. The second-order valence-corrected chi connectivity index (χ2v) is 5.49. The van der Waals surface area contributed by atoms with Crippen LogP contribution in [0.15, 0.2) is 66.7 Å². The Kier molecular flexibility index (Phi) is 3.31. The van der Waals surface area contributed by atoms with Crippen LogP contribution in [-0.4, -0.2) is 6.29 Å². The fraction of sp³-hybridized carbons (Fsp3) is 0.0500. The molecule has 0 spiro atoms. The van der Waals surface area contributed by atoms with E-state index in [2.05, 4.69) is 17.4 Å². The highest BCUT2D eigenvalue weighted by Crippen LogP contribution is 2.39. The number of carbonyl (C=O) groups is 1. The van der Waals surface area contributed by atoms with E-state index in [1.54, 1.807) is 0 Å². The van der Waals surface area contributed by atoms with Crippen LogP contribution in [-0.2, 0) is 6.61 Å². The first-order valence-corrected chi connectivity index (χ1v) is 7.51. The summed E-state index contributed by atoms with van der Waals surface area (Å²) in [5, 5.41) is 3.50. The van der Waals surface area contributed by atoms with Crippen molar-refractivity contribution in [2.24, 2.45) is 0 Å². The van der Waals surface area contributed by atoms with Crippen molar-refractivity contribution >= 4 is 17.7 Å². The highest BCUT2D eigenvalue weighted by Gasteiger charge is 2.16. The molecule has 0 unspecified atom stereocenters. The fourth-order valence-corrected chi connectivity index (χ4v) is 2.84. The van der Waals surface area contributed by atoms with Crippen LogP contribution in [0.25, 0.3) is 11.1 Å². The van der Waals surface area contributed by atoms with E-state index >= 15 is 0 Å². The van der Waals surface area contributed by atoms with Gasteiger partial charge in [0.15, 0.2) is 0 Å². The molecule has 3 aromatic rings. The normalized spacial score (nSPS) is 12.2. The number of hydrogen-bond acceptors (Lipinski definition) is 3. The van der Waals surface area contributed by atoms with E-state index in [1.807, 2.05) is 54.6 Å². The summed E-state index contributed by atoms with van der Waals surface area (Å²) in [4.78, 5) is 10.8. The van der Waals surface area contributed by atoms with Crippen LogP contribution in [0.2, 0.25) is 0 Å². The number of carbonyl (C=O) groups excluding carboxylic acids is 1. The smallest absolute Gasteiger partial charge is 0.150 e. The number of aldehydes is 1. The molecule has 1 aliphatic heterocycles. The number of anilines is 2. The topological polar surface area (TPSA) is 38.3 Å². The maximum absolute atomic E-state index is 10.8. The summed E-state index contributed by atoms with van der Waals surface area (Å²) >= 11 is 0. The maximum Gasteiger partial charge on any atom is 0.150 e. The molecule has 112 valence electrons. The van der Waals surface area contributed by atoms with Gasteiger partial charge in [0, 0.05) is 16.7 Å². The minimum atomic E-state index is 0.527. The molecule has 1 aliphatic rings. The van der Waals surface area contributed by atoms with E-state index in [-0.39, 0.29) is 0 Å². The second-order valence-electron chi connectivity index (χ2n) is 5.49. The lowest BCUT2D eigenvalue weighted by Gasteiger charge is -2.14. The van der Waals surface area contributed by atoms with Crippen molar-refractivity contribution in [1.82, 2.24) is 0 Å². The summed E-state index contributed by atoms with van der Waals surface area (Å²) in [7, 11) is 0. The number of benzene rings is 3. The summed E-state index contributed by atoms with van der Waals surface area (Å²) in [6.07, 6.45) is 0.859. The third-order valence-corrected chi connectivity index (χ3v) is 4.04. The molecule has 0 aromatic heterocycles. The van der Waals surface area contributed by atoms with Crippen molar-refractivity contribution in [1.29, 1.82) is 0 Å². The van der Waals surface area contributed by atoms with Crippen molar-refractivity contribution in [2.75, 3.05) is 5.32 Å². The average Bonchev–Trinajstić information content (AvgIpc) is 2.81. The average molecular weight is 301 g/mol. The first-order chi connectivity index (χ1) is 11.3. The van der Waals surface area contributed by atoms with Gasteiger partial charge in [0.1, 0.15) is 18.6 Å². The molecule has 1 heterocycles. The van der Waals surface area contributed by atoms with Gasteiger partial charge in [-0.15, -0.1) is 0 Å². The van der Waals surface area contributed by atoms with Crippen molar-refractivity contribution < 1.29 is 9.53 Å². The Bertz CT molecular complexity index is 869. The van der Waals surface area contributed by atoms with E-state index < -0.39 is 0 Å². The molecule has 0 saturated carbocycles. The summed E-state index contributed by atoms with van der Waals surface area (Å²) in [5.74, 6) is 0.853. The largest absolute Gasteiger partial charge is 0.487 e. The molecule has 0 saturated heterocycles. The lowest BCUT2D eigenvalue weighted by atomic mass is 9.99. The molecular weight excluding hydrogens is 286 g/mol. The van der Waals surface area contributed by atoms with E-state index in [9.17, 15) is 4.79 Å². The van der Waals surface area contributed by atoms with Gasteiger partial charge in [0.05, 0.1) is 11.4 Å². The predicted molar refractivity (Wildman–Crippen MR) is 91.3 cm³/mol. The third kappa shape index (κ3) is 2.46. The zero-order chi connectivity index (χ0) is 15.6. The first kappa shape index (κ1) is 13.6. The van der Waals surface area contributed by atoms with Gasteiger partial charge >= 0.3 is 0 Å². The third-order valence-electron chi connectivity index (χ3n) is 4.04. The molecule has 23 heavy (non-hydrogen) atoms. The van der Waals surface area contributed by atoms with Gasteiger partial charge in [-0.25, -0.2) is 0 Å². The lowest BCUT2D eigenvalue weighted by Crippen LogP contribution is -1.97. The summed E-state index contributed by atoms with van der Waals surface area (Å²) in [6, 6.07) is 21.7. The Morgan fingerprint density at radius 3 is 2.57 bits per heavy atom. The molecule has 0 atom stereocenters. The molecule has 1 N–H and O–H groups in total. The van der Waals surface area contributed by atoms with Gasteiger partial charge in [0.25, 0.3) is 0 Å². The van der Waals surface area contributed by atoms with Gasteiger partial charge in [-0.1, -0.05) is 54.6 Å².